The quantitative estimate of drug-likeness (QED) is 0.508. The Morgan fingerprint density at radius 3 is 3.00 bits per heavy atom. The summed E-state index contributed by atoms with van der Waals surface area (Å²) in [6, 6.07) is 0.278. The van der Waals surface area contributed by atoms with Crippen molar-refractivity contribution in [1.29, 1.82) is 0 Å². The van der Waals surface area contributed by atoms with Gasteiger partial charge in [0, 0.05) is 25.2 Å². The standard InChI is InChI=1S/C11H21N5O/c1-8-10(11(13-12)15(2)14-8)6-16-5-3-4-9(16)7-17/h9,13,17H,3-7,12H2,1-2H3. The summed E-state index contributed by atoms with van der Waals surface area (Å²) in [6.07, 6.45) is 2.22. The van der Waals surface area contributed by atoms with Gasteiger partial charge in [-0.1, -0.05) is 0 Å². The molecular weight excluding hydrogens is 218 g/mol. The Hall–Kier alpha value is -1.11. The fraction of sp³-hybridized carbons (Fsp3) is 0.727. The van der Waals surface area contributed by atoms with E-state index in [1.54, 1.807) is 4.68 Å². The summed E-state index contributed by atoms with van der Waals surface area (Å²) in [5.74, 6) is 6.38. The first-order valence-electron chi connectivity index (χ1n) is 6.01. The largest absolute Gasteiger partial charge is 0.395 e. The molecule has 0 saturated carbocycles. The number of nitrogens with zero attached hydrogens (tertiary/aromatic N) is 3. The van der Waals surface area contributed by atoms with Crippen molar-refractivity contribution >= 4 is 5.82 Å². The molecule has 2 heterocycles. The number of rotatable bonds is 4. The van der Waals surface area contributed by atoms with E-state index in [1.165, 1.54) is 0 Å². The van der Waals surface area contributed by atoms with E-state index in [-0.39, 0.29) is 12.6 Å². The minimum Gasteiger partial charge on any atom is -0.395 e. The molecule has 96 valence electrons. The molecule has 2 rings (SSSR count). The third-order valence-corrected chi connectivity index (χ3v) is 3.55. The molecule has 0 spiro atoms. The van der Waals surface area contributed by atoms with E-state index in [0.717, 1.165) is 43.0 Å². The number of anilines is 1. The van der Waals surface area contributed by atoms with Crippen LogP contribution >= 0.6 is 0 Å². The number of nitrogens with one attached hydrogen (secondary N) is 1. The summed E-state index contributed by atoms with van der Waals surface area (Å²) in [7, 11) is 1.87. The summed E-state index contributed by atoms with van der Waals surface area (Å²) in [4.78, 5) is 2.30. The smallest absolute Gasteiger partial charge is 0.142 e. The van der Waals surface area contributed by atoms with Crippen molar-refractivity contribution in [2.75, 3.05) is 18.6 Å². The van der Waals surface area contributed by atoms with Crippen LogP contribution in [-0.2, 0) is 13.6 Å². The van der Waals surface area contributed by atoms with Gasteiger partial charge in [0.15, 0.2) is 0 Å². The fourth-order valence-corrected chi connectivity index (χ4v) is 2.59. The zero-order valence-corrected chi connectivity index (χ0v) is 10.5. The highest BCUT2D eigenvalue weighted by molar-refractivity contribution is 5.46. The highest BCUT2D eigenvalue weighted by Crippen LogP contribution is 2.24. The van der Waals surface area contributed by atoms with Crippen LogP contribution in [0.25, 0.3) is 0 Å². The summed E-state index contributed by atoms with van der Waals surface area (Å²) in [6.45, 7) is 4.04. The van der Waals surface area contributed by atoms with Crippen LogP contribution in [0.5, 0.6) is 0 Å². The topological polar surface area (TPSA) is 79.3 Å². The lowest BCUT2D eigenvalue weighted by Gasteiger charge is -2.22. The number of aryl methyl sites for hydroxylation is 2. The van der Waals surface area contributed by atoms with Crippen LogP contribution in [0.3, 0.4) is 0 Å². The van der Waals surface area contributed by atoms with Crippen LogP contribution in [0.4, 0.5) is 5.82 Å². The normalized spacial score (nSPS) is 21.1. The maximum atomic E-state index is 9.31. The number of hydrogen-bond acceptors (Lipinski definition) is 5. The second-order valence-corrected chi connectivity index (χ2v) is 4.63. The molecule has 1 aromatic rings. The maximum Gasteiger partial charge on any atom is 0.142 e. The van der Waals surface area contributed by atoms with Crippen molar-refractivity contribution < 1.29 is 5.11 Å². The Bertz CT molecular complexity index is 389. The Balaban J connectivity index is 2.17. The van der Waals surface area contributed by atoms with Crippen LogP contribution in [0.1, 0.15) is 24.1 Å². The molecule has 1 fully saturated rings. The van der Waals surface area contributed by atoms with Gasteiger partial charge in [-0.15, -0.1) is 0 Å². The zero-order chi connectivity index (χ0) is 12.4. The number of aliphatic hydroxyl groups excluding tert-OH is 1. The predicted octanol–water partition coefficient (Wildman–Crippen LogP) is -0.0292. The molecule has 0 aliphatic carbocycles. The van der Waals surface area contributed by atoms with E-state index in [2.05, 4.69) is 15.4 Å². The van der Waals surface area contributed by atoms with Gasteiger partial charge < -0.3 is 10.5 Å². The van der Waals surface area contributed by atoms with Crippen molar-refractivity contribution in [2.45, 2.75) is 32.4 Å². The van der Waals surface area contributed by atoms with Crippen LogP contribution in [-0.4, -0.2) is 39.0 Å². The van der Waals surface area contributed by atoms with Crippen LogP contribution < -0.4 is 11.3 Å². The molecule has 17 heavy (non-hydrogen) atoms. The van der Waals surface area contributed by atoms with Crippen LogP contribution in [0.2, 0.25) is 0 Å². The van der Waals surface area contributed by atoms with Gasteiger partial charge in [-0.05, 0) is 26.3 Å². The van der Waals surface area contributed by atoms with E-state index in [0.29, 0.717) is 0 Å². The van der Waals surface area contributed by atoms with Gasteiger partial charge in [-0.25, -0.2) is 5.84 Å². The predicted molar refractivity (Wildman–Crippen MR) is 66.3 cm³/mol. The van der Waals surface area contributed by atoms with Crippen molar-refractivity contribution in [3.05, 3.63) is 11.3 Å². The van der Waals surface area contributed by atoms with E-state index in [9.17, 15) is 5.11 Å². The van der Waals surface area contributed by atoms with Gasteiger partial charge in [0.25, 0.3) is 0 Å². The molecule has 0 radical (unpaired) electrons. The Labute approximate surface area is 101 Å². The number of nitrogens with two attached hydrogens (primary N) is 1. The molecule has 1 saturated heterocycles. The lowest BCUT2D eigenvalue weighted by Crippen LogP contribution is -2.32. The molecule has 1 unspecified atom stereocenters. The fourth-order valence-electron chi connectivity index (χ4n) is 2.59. The molecule has 0 bridgehead atoms. The van der Waals surface area contributed by atoms with Gasteiger partial charge >= 0.3 is 0 Å². The Morgan fingerprint density at radius 2 is 2.35 bits per heavy atom. The van der Waals surface area contributed by atoms with Crippen LogP contribution in [0, 0.1) is 6.92 Å². The molecule has 0 amide bonds. The zero-order valence-electron chi connectivity index (χ0n) is 10.5. The lowest BCUT2D eigenvalue weighted by atomic mass is 10.2. The third-order valence-electron chi connectivity index (χ3n) is 3.55. The first-order chi connectivity index (χ1) is 8.17. The highest BCUT2D eigenvalue weighted by Gasteiger charge is 2.26. The molecule has 1 aliphatic heterocycles. The number of nitrogen functional groups attached to an aromatic ring is 1. The highest BCUT2D eigenvalue weighted by atomic mass is 16.3. The summed E-state index contributed by atoms with van der Waals surface area (Å²) in [5, 5.41) is 13.7. The third kappa shape index (κ3) is 2.29. The molecule has 1 atom stereocenters. The van der Waals surface area contributed by atoms with Gasteiger partial charge in [-0.2, -0.15) is 5.10 Å². The Kier molecular flexibility index (Phi) is 3.66. The van der Waals surface area contributed by atoms with Gasteiger partial charge in [-0.3, -0.25) is 9.58 Å². The number of hydrazine groups is 1. The van der Waals surface area contributed by atoms with Gasteiger partial charge in [0.1, 0.15) is 5.82 Å². The van der Waals surface area contributed by atoms with E-state index >= 15 is 0 Å². The van der Waals surface area contributed by atoms with Crippen molar-refractivity contribution in [1.82, 2.24) is 14.7 Å². The molecule has 1 aliphatic rings. The summed E-state index contributed by atoms with van der Waals surface area (Å²) < 4.78 is 1.76. The minimum absolute atomic E-state index is 0.227. The second-order valence-electron chi connectivity index (χ2n) is 4.63. The lowest BCUT2D eigenvalue weighted by molar-refractivity contribution is 0.153. The molecule has 1 aromatic heterocycles. The van der Waals surface area contributed by atoms with Crippen molar-refractivity contribution in [2.24, 2.45) is 12.9 Å². The van der Waals surface area contributed by atoms with Gasteiger partial charge in [0.2, 0.25) is 0 Å². The van der Waals surface area contributed by atoms with Crippen molar-refractivity contribution in [3.8, 4) is 0 Å². The Morgan fingerprint density at radius 1 is 1.59 bits per heavy atom. The van der Waals surface area contributed by atoms with E-state index in [4.69, 9.17) is 5.84 Å². The monoisotopic (exact) mass is 239 g/mol. The minimum atomic E-state index is 0.227. The summed E-state index contributed by atoms with van der Waals surface area (Å²) in [5.41, 5.74) is 4.81. The molecule has 6 nitrogen and oxygen atoms in total. The van der Waals surface area contributed by atoms with Crippen molar-refractivity contribution in [3.63, 3.8) is 0 Å². The average molecular weight is 239 g/mol. The maximum absolute atomic E-state index is 9.31. The number of hydrogen-bond donors (Lipinski definition) is 3. The molecule has 0 aromatic carbocycles. The number of aliphatic hydroxyl groups is 1. The van der Waals surface area contributed by atoms with E-state index < -0.39 is 0 Å². The summed E-state index contributed by atoms with van der Waals surface area (Å²) >= 11 is 0. The number of aromatic nitrogens is 2. The first-order valence-corrected chi connectivity index (χ1v) is 6.01. The number of likely N-dealkylation sites (tertiary alicyclic amines) is 1. The van der Waals surface area contributed by atoms with E-state index in [1.807, 2.05) is 14.0 Å². The average Bonchev–Trinajstić information content (AvgIpc) is 2.85. The molecule has 4 N–H and O–H groups in total. The SMILES string of the molecule is Cc1nn(C)c(NN)c1CN1CCCC1CO. The second kappa shape index (κ2) is 5.03. The van der Waals surface area contributed by atoms with Gasteiger partial charge in [0.05, 0.1) is 12.3 Å². The molecular formula is C11H21N5O. The molecule has 6 heteroatoms. The van der Waals surface area contributed by atoms with Crippen LogP contribution in [0.15, 0.2) is 0 Å². The first kappa shape index (κ1) is 12.3.